The lowest BCUT2D eigenvalue weighted by Gasteiger charge is -2.09. The Labute approximate surface area is 111 Å². The fourth-order valence-corrected chi connectivity index (χ4v) is 1.74. The summed E-state index contributed by atoms with van der Waals surface area (Å²) in [6.07, 6.45) is 3.31. The van der Waals surface area contributed by atoms with Gasteiger partial charge < -0.3 is 10.1 Å². The van der Waals surface area contributed by atoms with Crippen LogP contribution in [0.4, 0.5) is 5.82 Å². The van der Waals surface area contributed by atoms with E-state index in [1.807, 2.05) is 6.92 Å². The fourth-order valence-electron chi connectivity index (χ4n) is 1.74. The first-order valence-electron chi connectivity index (χ1n) is 5.93. The van der Waals surface area contributed by atoms with Gasteiger partial charge in [-0.1, -0.05) is 0 Å². The summed E-state index contributed by atoms with van der Waals surface area (Å²) in [4.78, 5) is 8.60. The first kappa shape index (κ1) is 12.8. The molecule has 5 heteroatoms. The summed E-state index contributed by atoms with van der Waals surface area (Å²) in [6.45, 7) is 2.76. The van der Waals surface area contributed by atoms with Gasteiger partial charge in [0, 0.05) is 12.1 Å². The first-order chi connectivity index (χ1) is 9.28. The van der Waals surface area contributed by atoms with Crippen molar-refractivity contribution in [3.63, 3.8) is 0 Å². The Morgan fingerprint density at radius 1 is 1.37 bits per heavy atom. The fraction of sp³-hybridized carbons (Fsp3) is 0.214. The zero-order valence-corrected chi connectivity index (χ0v) is 10.8. The topological polar surface area (TPSA) is 70.8 Å². The molecule has 19 heavy (non-hydrogen) atoms. The van der Waals surface area contributed by atoms with Crippen LogP contribution in [-0.2, 0) is 0 Å². The van der Waals surface area contributed by atoms with E-state index in [1.165, 1.54) is 0 Å². The minimum atomic E-state index is 0.562. The molecule has 2 aromatic rings. The number of methoxy groups -OCH3 is 1. The lowest BCUT2D eigenvalue weighted by atomic mass is 10.1. The highest BCUT2D eigenvalue weighted by Crippen LogP contribution is 2.29. The highest BCUT2D eigenvalue weighted by atomic mass is 16.5. The molecule has 1 aromatic heterocycles. The number of rotatable bonds is 4. The van der Waals surface area contributed by atoms with Crippen molar-refractivity contribution in [2.24, 2.45) is 0 Å². The van der Waals surface area contributed by atoms with Crippen molar-refractivity contribution >= 4 is 5.82 Å². The van der Waals surface area contributed by atoms with Crippen molar-refractivity contribution in [1.82, 2.24) is 9.97 Å². The summed E-state index contributed by atoms with van der Waals surface area (Å²) in [5, 5.41) is 12.1. The van der Waals surface area contributed by atoms with E-state index in [0.717, 1.165) is 12.1 Å². The number of hydrogen-bond donors (Lipinski definition) is 1. The predicted octanol–water partition coefficient (Wildman–Crippen LogP) is 2.46. The molecule has 0 aliphatic heterocycles. The molecular formula is C14H14N4O. The minimum absolute atomic E-state index is 0.562. The first-order valence-corrected chi connectivity index (χ1v) is 5.93. The van der Waals surface area contributed by atoms with Gasteiger partial charge in [-0.05, 0) is 25.1 Å². The molecule has 96 valence electrons. The number of hydrogen-bond acceptors (Lipinski definition) is 5. The monoisotopic (exact) mass is 254 g/mol. The van der Waals surface area contributed by atoms with Gasteiger partial charge in [-0.15, -0.1) is 0 Å². The molecule has 0 aliphatic carbocycles. The van der Waals surface area contributed by atoms with Crippen LogP contribution in [0.5, 0.6) is 5.75 Å². The highest BCUT2D eigenvalue weighted by Gasteiger charge is 2.09. The zero-order chi connectivity index (χ0) is 13.7. The molecule has 0 unspecified atom stereocenters. The van der Waals surface area contributed by atoms with E-state index in [-0.39, 0.29) is 0 Å². The Bertz CT molecular complexity index is 619. The lowest BCUT2D eigenvalue weighted by molar-refractivity contribution is 0.416. The molecule has 0 bridgehead atoms. The van der Waals surface area contributed by atoms with Crippen molar-refractivity contribution in [3.05, 3.63) is 36.2 Å². The number of benzene rings is 1. The smallest absolute Gasteiger partial charge is 0.145 e. The number of aromatic nitrogens is 2. The molecule has 0 saturated heterocycles. The SMILES string of the molecule is CCNc1cncc(-c2cc(C#N)ccc2OC)n1. The molecule has 0 spiro atoms. The minimum Gasteiger partial charge on any atom is -0.496 e. The van der Waals surface area contributed by atoms with Crippen LogP contribution in [0.3, 0.4) is 0 Å². The van der Waals surface area contributed by atoms with E-state index >= 15 is 0 Å². The van der Waals surface area contributed by atoms with Crippen LogP contribution in [0, 0.1) is 11.3 Å². The van der Waals surface area contributed by atoms with Gasteiger partial charge in [-0.3, -0.25) is 4.98 Å². The zero-order valence-electron chi connectivity index (χ0n) is 10.8. The normalized spacial score (nSPS) is 9.74. The number of anilines is 1. The maximum Gasteiger partial charge on any atom is 0.145 e. The molecule has 0 amide bonds. The van der Waals surface area contributed by atoms with Gasteiger partial charge in [0.1, 0.15) is 11.6 Å². The van der Waals surface area contributed by atoms with Gasteiger partial charge in [-0.25, -0.2) is 4.98 Å². The van der Waals surface area contributed by atoms with E-state index in [2.05, 4.69) is 21.4 Å². The van der Waals surface area contributed by atoms with Crippen LogP contribution in [0.25, 0.3) is 11.3 Å². The van der Waals surface area contributed by atoms with Gasteiger partial charge in [-0.2, -0.15) is 5.26 Å². The summed E-state index contributed by atoms with van der Waals surface area (Å²) >= 11 is 0. The number of nitriles is 1. The Morgan fingerprint density at radius 2 is 2.21 bits per heavy atom. The number of nitrogens with one attached hydrogen (secondary N) is 1. The summed E-state index contributed by atoms with van der Waals surface area (Å²) in [7, 11) is 1.59. The van der Waals surface area contributed by atoms with Gasteiger partial charge >= 0.3 is 0 Å². The second-order valence-electron chi connectivity index (χ2n) is 3.85. The van der Waals surface area contributed by atoms with Crippen molar-refractivity contribution in [2.75, 3.05) is 19.0 Å². The molecule has 0 fully saturated rings. The van der Waals surface area contributed by atoms with Crippen LogP contribution in [-0.4, -0.2) is 23.6 Å². The second kappa shape index (κ2) is 5.83. The van der Waals surface area contributed by atoms with Crippen LogP contribution >= 0.6 is 0 Å². The maximum atomic E-state index is 8.97. The molecular weight excluding hydrogens is 240 g/mol. The lowest BCUT2D eigenvalue weighted by Crippen LogP contribution is -2.01. The predicted molar refractivity (Wildman–Crippen MR) is 72.9 cm³/mol. The third kappa shape index (κ3) is 2.80. The van der Waals surface area contributed by atoms with E-state index in [4.69, 9.17) is 10.00 Å². The van der Waals surface area contributed by atoms with Gasteiger partial charge in [0.05, 0.1) is 36.8 Å². The van der Waals surface area contributed by atoms with Crippen LogP contribution in [0.2, 0.25) is 0 Å². The van der Waals surface area contributed by atoms with E-state index < -0.39 is 0 Å². The van der Waals surface area contributed by atoms with Crippen molar-refractivity contribution in [2.45, 2.75) is 6.92 Å². The third-order valence-electron chi connectivity index (χ3n) is 2.60. The van der Waals surface area contributed by atoms with Gasteiger partial charge in [0.25, 0.3) is 0 Å². The van der Waals surface area contributed by atoms with Crippen molar-refractivity contribution in [1.29, 1.82) is 5.26 Å². The third-order valence-corrected chi connectivity index (χ3v) is 2.60. The molecule has 1 aromatic carbocycles. The summed E-state index contributed by atoms with van der Waals surface area (Å²) in [6, 6.07) is 7.33. The molecule has 1 N–H and O–H groups in total. The Morgan fingerprint density at radius 3 is 2.89 bits per heavy atom. The molecule has 2 rings (SSSR count). The summed E-state index contributed by atoms with van der Waals surface area (Å²) in [5.41, 5.74) is 1.99. The van der Waals surface area contributed by atoms with Gasteiger partial charge in [0.15, 0.2) is 0 Å². The quantitative estimate of drug-likeness (QED) is 0.907. The molecule has 0 radical (unpaired) electrons. The van der Waals surface area contributed by atoms with Crippen molar-refractivity contribution < 1.29 is 4.74 Å². The Kier molecular flexibility index (Phi) is 3.94. The summed E-state index contributed by atoms with van der Waals surface area (Å²) < 4.78 is 5.30. The van der Waals surface area contributed by atoms with E-state index in [9.17, 15) is 0 Å². The highest BCUT2D eigenvalue weighted by molar-refractivity contribution is 5.69. The van der Waals surface area contributed by atoms with Crippen LogP contribution in [0.15, 0.2) is 30.6 Å². The van der Waals surface area contributed by atoms with Gasteiger partial charge in [0.2, 0.25) is 0 Å². The summed E-state index contributed by atoms with van der Waals surface area (Å²) in [5.74, 6) is 1.37. The van der Waals surface area contributed by atoms with Crippen LogP contribution in [0.1, 0.15) is 12.5 Å². The van der Waals surface area contributed by atoms with E-state index in [0.29, 0.717) is 22.8 Å². The van der Waals surface area contributed by atoms with Crippen molar-refractivity contribution in [3.8, 4) is 23.1 Å². The molecule has 0 atom stereocenters. The number of nitrogens with zero attached hydrogens (tertiary/aromatic N) is 3. The maximum absolute atomic E-state index is 8.97. The average Bonchev–Trinajstić information content (AvgIpc) is 2.47. The average molecular weight is 254 g/mol. The molecule has 5 nitrogen and oxygen atoms in total. The second-order valence-corrected chi connectivity index (χ2v) is 3.85. The molecule has 0 aliphatic rings. The molecule has 0 saturated carbocycles. The standard InChI is InChI=1S/C14H14N4O/c1-3-17-14-9-16-8-12(18-14)11-6-10(7-15)4-5-13(11)19-2/h4-6,8-9H,3H2,1-2H3,(H,17,18). The Balaban J connectivity index is 2.50. The Hall–Kier alpha value is -2.61. The number of ether oxygens (including phenoxy) is 1. The van der Waals surface area contributed by atoms with E-state index in [1.54, 1.807) is 37.7 Å². The largest absolute Gasteiger partial charge is 0.496 e. The van der Waals surface area contributed by atoms with Crippen LogP contribution < -0.4 is 10.1 Å². The molecule has 1 heterocycles.